The van der Waals surface area contributed by atoms with Crippen LogP contribution in [0.1, 0.15) is 11.1 Å². The average Bonchev–Trinajstić information content (AvgIpc) is 2.47. The van der Waals surface area contributed by atoms with Crippen LogP contribution in [-0.4, -0.2) is 9.91 Å². The molecular weight excluding hydrogens is 278 g/mol. The summed E-state index contributed by atoms with van der Waals surface area (Å²) in [5.74, 6) is 0. The first-order chi connectivity index (χ1) is 10.5. The first-order valence-corrected chi connectivity index (χ1v) is 6.92. The third-order valence-electron chi connectivity index (χ3n) is 3.49. The molecule has 0 saturated heterocycles. The highest BCUT2D eigenvalue weighted by molar-refractivity contribution is 5.97. The molecule has 5 nitrogen and oxygen atoms in total. The van der Waals surface area contributed by atoms with Crippen molar-refractivity contribution in [2.24, 2.45) is 0 Å². The molecule has 3 aromatic rings. The zero-order valence-electron chi connectivity index (χ0n) is 12.3. The molecular formula is C17H15N3O2. The lowest BCUT2D eigenvalue weighted by Gasteiger charge is -2.11. The largest absolute Gasteiger partial charge is 0.349 e. The fourth-order valence-electron chi connectivity index (χ4n) is 2.43. The fourth-order valence-corrected chi connectivity index (χ4v) is 2.43. The van der Waals surface area contributed by atoms with E-state index < -0.39 is 4.92 Å². The Labute approximate surface area is 127 Å². The number of hydrogen-bond acceptors (Lipinski definition) is 4. The van der Waals surface area contributed by atoms with Crippen LogP contribution >= 0.6 is 0 Å². The van der Waals surface area contributed by atoms with Crippen molar-refractivity contribution < 1.29 is 4.92 Å². The van der Waals surface area contributed by atoms with Gasteiger partial charge in [-0.05, 0) is 43.7 Å². The Morgan fingerprint density at radius 3 is 2.59 bits per heavy atom. The van der Waals surface area contributed by atoms with Crippen LogP contribution in [0.5, 0.6) is 0 Å². The molecule has 0 amide bonds. The van der Waals surface area contributed by atoms with Gasteiger partial charge in [-0.25, -0.2) is 4.98 Å². The number of hydrogen-bond donors (Lipinski definition) is 1. The van der Waals surface area contributed by atoms with E-state index in [9.17, 15) is 10.1 Å². The minimum atomic E-state index is -0.410. The highest BCUT2D eigenvalue weighted by atomic mass is 16.6. The standard InChI is InChI=1S/C17H15N3O2/c1-11-4-3-5-13(8-11)19-17-14-9-12(2)6-7-15(14)18-10-16(17)20(21)22/h3-10H,1-2H3,(H,18,19). The number of anilines is 2. The van der Waals surface area contributed by atoms with Crippen LogP contribution in [-0.2, 0) is 0 Å². The Morgan fingerprint density at radius 2 is 1.86 bits per heavy atom. The van der Waals surface area contributed by atoms with E-state index in [2.05, 4.69) is 10.3 Å². The zero-order valence-corrected chi connectivity index (χ0v) is 12.3. The van der Waals surface area contributed by atoms with Gasteiger partial charge < -0.3 is 5.32 Å². The molecule has 110 valence electrons. The van der Waals surface area contributed by atoms with Gasteiger partial charge in [0, 0.05) is 11.1 Å². The van der Waals surface area contributed by atoms with Crippen LogP contribution in [0.4, 0.5) is 17.1 Å². The normalized spacial score (nSPS) is 10.6. The quantitative estimate of drug-likeness (QED) is 0.570. The summed E-state index contributed by atoms with van der Waals surface area (Å²) in [4.78, 5) is 15.1. The van der Waals surface area contributed by atoms with Gasteiger partial charge >= 0.3 is 5.69 Å². The van der Waals surface area contributed by atoms with Gasteiger partial charge in [-0.3, -0.25) is 10.1 Å². The van der Waals surface area contributed by atoms with Crippen LogP contribution in [0.25, 0.3) is 10.9 Å². The molecule has 1 N–H and O–H groups in total. The van der Waals surface area contributed by atoms with E-state index in [1.165, 1.54) is 6.20 Å². The number of nitrogens with zero attached hydrogens (tertiary/aromatic N) is 2. The third-order valence-corrected chi connectivity index (χ3v) is 3.49. The highest BCUT2D eigenvalue weighted by Gasteiger charge is 2.18. The molecule has 0 spiro atoms. The van der Waals surface area contributed by atoms with Crippen molar-refractivity contribution in [2.75, 3.05) is 5.32 Å². The SMILES string of the molecule is Cc1cccc(Nc2c([N+](=O)[O-])cnc3ccc(C)cc23)c1. The minimum Gasteiger partial charge on any atom is -0.349 e. The molecule has 0 atom stereocenters. The maximum absolute atomic E-state index is 11.3. The minimum absolute atomic E-state index is 0.0281. The van der Waals surface area contributed by atoms with Crippen molar-refractivity contribution in [2.45, 2.75) is 13.8 Å². The number of pyridine rings is 1. The van der Waals surface area contributed by atoms with E-state index in [1.807, 2.05) is 56.3 Å². The molecule has 3 rings (SSSR count). The van der Waals surface area contributed by atoms with E-state index in [4.69, 9.17) is 0 Å². The first-order valence-electron chi connectivity index (χ1n) is 6.92. The molecule has 5 heteroatoms. The van der Waals surface area contributed by atoms with Crippen LogP contribution in [0.3, 0.4) is 0 Å². The number of aromatic nitrogens is 1. The number of nitro groups is 1. The average molecular weight is 293 g/mol. The second-order valence-corrected chi connectivity index (χ2v) is 5.29. The van der Waals surface area contributed by atoms with Gasteiger partial charge in [0.05, 0.1) is 10.4 Å². The second-order valence-electron chi connectivity index (χ2n) is 5.29. The lowest BCUT2D eigenvalue weighted by atomic mass is 10.1. The molecule has 22 heavy (non-hydrogen) atoms. The summed E-state index contributed by atoms with van der Waals surface area (Å²) in [6.07, 6.45) is 1.30. The van der Waals surface area contributed by atoms with Gasteiger partial charge in [0.15, 0.2) is 0 Å². The molecule has 1 aromatic heterocycles. The lowest BCUT2D eigenvalue weighted by Crippen LogP contribution is -2.00. The molecule has 0 fully saturated rings. The second kappa shape index (κ2) is 5.44. The topological polar surface area (TPSA) is 68.1 Å². The van der Waals surface area contributed by atoms with Crippen molar-refractivity contribution >= 4 is 28.0 Å². The maximum atomic E-state index is 11.3. The van der Waals surface area contributed by atoms with Crippen molar-refractivity contribution in [3.63, 3.8) is 0 Å². The number of nitrogens with one attached hydrogen (secondary N) is 1. The number of benzene rings is 2. The molecule has 2 aromatic carbocycles. The van der Waals surface area contributed by atoms with Crippen LogP contribution in [0.15, 0.2) is 48.7 Å². The molecule has 1 heterocycles. The van der Waals surface area contributed by atoms with Crippen molar-refractivity contribution in [1.82, 2.24) is 4.98 Å². The van der Waals surface area contributed by atoms with E-state index in [1.54, 1.807) is 0 Å². The van der Waals surface area contributed by atoms with Crippen LogP contribution in [0, 0.1) is 24.0 Å². The first kappa shape index (κ1) is 14.0. The summed E-state index contributed by atoms with van der Waals surface area (Å²) in [6, 6.07) is 13.5. The highest BCUT2D eigenvalue weighted by Crippen LogP contribution is 2.34. The molecule has 0 radical (unpaired) electrons. The van der Waals surface area contributed by atoms with Gasteiger partial charge in [-0.15, -0.1) is 0 Å². The Hall–Kier alpha value is -2.95. The summed E-state index contributed by atoms with van der Waals surface area (Å²) in [5, 5.41) is 15.3. The van der Waals surface area contributed by atoms with Crippen molar-refractivity contribution in [1.29, 1.82) is 0 Å². The lowest BCUT2D eigenvalue weighted by molar-refractivity contribution is -0.384. The summed E-state index contributed by atoms with van der Waals surface area (Å²) < 4.78 is 0. The third kappa shape index (κ3) is 2.61. The van der Waals surface area contributed by atoms with Crippen molar-refractivity contribution in [3.8, 4) is 0 Å². The van der Waals surface area contributed by atoms with Gasteiger partial charge in [0.1, 0.15) is 11.9 Å². The smallest absolute Gasteiger partial charge is 0.311 e. The van der Waals surface area contributed by atoms with Crippen LogP contribution in [0.2, 0.25) is 0 Å². The Kier molecular flexibility index (Phi) is 3.47. The number of fused-ring (bicyclic) bond motifs is 1. The number of aryl methyl sites for hydroxylation is 2. The Bertz CT molecular complexity index is 875. The zero-order chi connectivity index (χ0) is 15.7. The van der Waals surface area contributed by atoms with Gasteiger partial charge in [0.25, 0.3) is 0 Å². The summed E-state index contributed by atoms with van der Waals surface area (Å²) in [7, 11) is 0. The summed E-state index contributed by atoms with van der Waals surface area (Å²) >= 11 is 0. The predicted octanol–water partition coefficient (Wildman–Crippen LogP) is 4.50. The van der Waals surface area contributed by atoms with E-state index in [0.717, 1.165) is 27.7 Å². The number of rotatable bonds is 3. The van der Waals surface area contributed by atoms with Gasteiger partial charge in [0.2, 0.25) is 0 Å². The monoisotopic (exact) mass is 293 g/mol. The summed E-state index contributed by atoms with van der Waals surface area (Å²) in [6.45, 7) is 3.93. The molecule has 0 bridgehead atoms. The predicted molar refractivity (Wildman–Crippen MR) is 87.6 cm³/mol. The van der Waals surface area contributed by atoms with E-state index in [0.29, 0.717) is 5.69 Å². The van der Waals surface area contributed by atoms with E-state index >= 15 is 0 Å². The van der Waals surface area contributed by atoms with E-state index in [-0.39, 0.29) is 5.69 Å². The Balaban J connectivity index is 2.22. The van der Waals surface area contributed by atoms with Gasteiger partial charge in [-0.2, -0.15) is 0 Å². The Morgan fingerprint density at radius 1 is 1.09 bits per heavy atom. The molecule has 0 unspecified atom stereocenters. The summed E-state index contributed by atoms with van der Waals surface area (Å²) in [5.41, 5.74) is 4.11. The molecule has 0 aliphatic rings. The molecule has 0 aliphatic carbocycles. The molecule has 0 aliphatic heterocycles. The van der Waals surface area contributed by atoms with Crippen LogP contribution < -0.4 is 5.32 Å². The van der Waals surface area contributed by atoms with Crippen molar-refractivity contribution in [3.05, 3.63) is 69.9 Å². The van der Waals surface area contributed by atoms with Gasteiger partial charge in [-0.1, -0.05) is 23.8 Å². The maximum Gasteiger partial charge on any atom is 0.311 e. The molecule has 0 saturated carbocycles. The fraction of sp³-hybridized carbons (Fsp3) is 0.118.